The lowest BCUT2D eigenvalue weighted by Gasteiger charge is -2.17. The number of halogens is 1. The van der Waals surface area contributed by atoms with E-state index in [-0.39, 0.29) is 6.04 Å². The summed E-state index contributed by atoms with van der Waals surface area (Å²) in [6, 6.07) is 12.7. The Morgan fingerprint density at radius 1 is 0.944 bits per heavy atom. The second-order valence-electron chi connectivity index (χ2n) is 4.80. The van der Waals surface area contributed by atoms with Crippen LogP contribution in [-0.2, 0) is 0 Å². The van der Waals surface area contributed by atoms with Crippen LogP contribution in [0.1, 0.15) is 33.9 Å². The molecule has 1 atom stereocenters. The molecule has 2 aromatic rings. The Bertz CT molecular complexity index is 575. The van der Waals surface area contributed by atoms with Gasteiger partial charge in [-0.2, -0.15) is 0 Å². The van der Waals surface area contributed by atoms with Gasteiger partial charge in [-0.15, -0.1) is 0 Å². The standard InChI is InChI=1S/C16H18IN/c1-10-7-8-13(9-12(10)3)16(18)14-6-4-5-11(2)15(14)17/h4-9,16H,18H2,1-3H3. The molecule has 0 saturated heterocycles. The van der Waals surface area contributed by atoms with E-state index in [1.54, 1.807) is 0 Å². The van der Waals surface area contributed by atoms with Crippen molar-refractivity contribution in [3.05, 3.63) is 67.8 Å². The fraction of sp³-hybridized carbons (Fsp3) is 0.250. The molecule has 2 N–H and O–H groups in total. The van der Waals surface area contributed by atoms with Gasteiger partial charge >= 0.3 is 0 Å². The van der Waals surface area contributed by atoms with Crippen molar-refractivity contribution in [1.29, 1.82) is 0 Å². The van der Waals surface area contributed by atoms with Crippen LogP contribution in [0.15, 0.2) is 36.4 Å². The zero-order chi connectivity index (χ0) is 13.3. The number of benzene rings is 2. The Morgan fingerprint density at radius 2 is 1.67 bits per heavy atom. The SMILES string of the molecule is Cc1ccc(C(N)c2cccc(C)c2I)cc1C. The van der Waals surface area contributed by atoms with Crippen LogP contribution >= 0.6 is 22.6 Å². The van der Waals surface area contributed by atoms with Gasteiger partial charge in [-0.25, -0.2) is 0 Å². The molecule has 0 fully saturated rings. The molecule has 0 spiro atoms. The van der Waals surface area contributed by atoms with E-state index in [1.807, 2.05) is 0 Å². The summed E-state index contributed by atoms with van der Waals surface area (Å²) in [5.41, 5.74) is 12.7. The second kappa shape index (κ2) is 5.41. The van der Waals surface area contributed by atoms with E-state index in [2.05, 4.69) is 79.8 Å². The molecular weight excluding hydrogens is 333 g/mol. The Hall–Kier alpha value is -0.870. The molecule has 0 saturated carbocycles. The van der Waals surface area contributed by atoms with Crippen molar-refractivity contribution in [1.82, 2.24) is 0 Å². The van der Waals surface area contributed by atoms with Crippen LogP contribution in [0.5, 0.6) is 0 Å². The van der Waals surface area contributed by atoms with E-state index < -0.39 is 0 Å². The minimum atomic E-state index is -0.0453. The largest absolute Gasteiger partial charge is 0.320 e. The Morgan fingerprint density at radius 3 is 2.33 bits per heavy atom. The molecule has 0 amide bonds. The zero-order valence-corrected chi connectivity index (χ0v) is 13.2. The van der Waals surface area contributed by atoms with Crippen molar-refractivity contribution in [3.8, 4) is 0 Å². The highest BCUT2D eigenvalue weighted by atomic mass is 127. The third-order valence-electron chi connectivity index (χ3n) is 3.45. The van der Waals surface area contributed by atoms with E-state index in [1.165, 1.54) is 31.4 Å². The molecule has 2 heteroatoms. The fourth-order valence-electron chi connectivity index (χ4n) is 2.05. The van der Waals surface area contributed by atoms with E-state index in [0.717, 1.165) is 0 Å². The molecule has 94 valence electrons. The highest BCUT2D eigenvalue weighted by Crippen LogP contribution is 2.27. The number of hydrogen-bond donors (Lipinski definition) is 1. The third-order valence-corrected chi connectivity index (χ3v) is 4.92. The summed E-state index contributed by atoms with van der Waals surface area (Å²) in [4.78, 5) is 0. The van der Waals surface area contributed by atoms with Gasteiger partial charge in [0.25, 0.3) is 0 Å². The maximum Gasteiger partial charge on any atom is 0.0562 e. The number of aryl methyl sites for hydroxylation is 3. The summed E-state index contributed by atoms with van der Waals surface area (Å²) in [7, 11) is 0. The quantitative estimate of drug-likeness (QED) is 0.804. The van der Waals surface area contributed by atoms with Crippen LogP contribution in [0, 0.1) is 24.3 Å². The van der Waals surface area contributed by atoms with Gasteiger partial charge in [-0.1, -0.05) is 36.4 Å². The third kappa shape index (κ3) is 2.59. The lowest BCUT2D eigenvalue weighted by atomic mass is 9.95. The molecule has 0 aliphatic carbocycles. The first-order valence-electron chi connectivity index (χ1n) is 6.08. The van der Waals surface area contributed by atoms with E-state index in [9.17, 15) is 0 Å². The molecule has 1 nitrogen and oxygen atoms in total. The van der Waals surface area contributed by atoms with Crippen molar-refractivity contribution in [2.24, 2.45) is 5.73 Å². The van der Waals surface area contributed by atoms with Gasteiger partial charge in [0.1, 0.15) is 0 Å². The van der Waals surface area contributed by atoms with Gasteiger partial charge in [-0.3, -0.25) is 0 Å². The first-order chi connectivity index (χ1) is 8.50. The summed E-state index contributed by atoms with van der Waals surface area (Å²) >= 11 is 2.38. The minimum absolute atomic E-state index is 0.0453. The molecule has 2 rings (SSSR count). The molecule has 0 aliphatic heterocycles. The molecule has 18 heavy (non-hydrogen) atoms. The number of rotatable bonds is 2. The molecule has 0 aliphatic rings. The lowest BCUT2D eigenvalue weighted by Crippen LogP contribution is -2.14. The normalized spacial score (nSPS) is 12.5. The average Bonchev–Trinajstić information content (AvgIpc) is 2.35. The summed E-state index contributed by atoms with van der Waals surface area (Å²) in [5.74, 6) is 0. The number of hydrogen-bond acceptors (Lipinski definition) is 1. The molecule has 2 aromatic carbocycles. The predicted octanol–water partition coefficient (Wildman–Crippen LogP) is 4.26. The van der Waals surface area contributed by atoms with Gasteiger partial charge < -0.3 is 5.73 Å². The lowest BCUT2D eigenvalue weighted by molar-refractivity contribution is 0.860. The topological polar surface area (TPSA) is 26.0 Å². The van der Waals surface area contributed by atoms with Gasteiger partial charge in [0.2, 0.25) is 0 Å². The molecule has 0 radical (unpaired) electrons. The Labute approximate surface area is 123 Å². The monoisotopic (exact) mass is 351 g/mol. The van der Waals surface area contributed by atoms with Crippen LogP contribution in [0.3, 0.4) is 0 Å². The summed E-state index contributed by atoms with van der Waals surface area (Å²) < 4.78 is 1.26. The van der Waals surface area contributed by atoms with Gasteiger partial charge in [0, 0.05) is 3.57 Å². The molecule has 0 bridgehead atoms. The van der Waals surface area contributed by atoms with Crippen molar-refractivity contribution in [2.75, 3.05) is 0 Å². The van der Waals surface area contributed by atoms with Crippen LogP contribution < -0.4 is 5.73 Å². The molecular formula is C16H18IN. The van der Waals surface area contributed by atoms with Crippen LogP contribution in [-0.4, -0.2) is 0 Å². The summed E-state index contributed by atoms with van der Waals surface area (Å²) in [5, 5.41) is 0. The van der Waals surface area contributed by atoms with Crippen molar-refractivity contribution >= 4 is 22.6 Å². The van der Waals surface area contributed by atoms with Crippen molar-refractivity contribution < 1.29 is 0 Å². The van der Waals surface area contributed by atoms with Crippen LogP contribution in [0.2, 0.25) is 0 Å². The Balaban J connectivity index is 2.44. The van der Waals surface area contributed by atoms with E-state index in [0.29, 0.717) is 0 Å². The number of nitrogens with two attached hydrogens (primary N) is 1. The van der Waals surface area contributed by atoms with E-state index in [4.69, 9.17) is 5.73 Å². The van der Waals surface area contributed by atoms with Crippen LogP contribution in [0.25, 0.3) is 0 Å². The fourth-order valence-corrected chi connectivity index (χ4v) is 2.74. The predicted molar refractivity (Wildman–Crippen MR) is 85.8 cm³/mol. The Kier molecular flexibility index (Phi) is 4.07. The highest BCUT2D eigenvalue weighted by Gasteiger charge is 2.13. The molecule has 1 unspecified atom stereocenters. The van der Waals surface area contributed by atoms with Gasteiger partial charge in [0.15, 0.2) is 0 Å². The molecule has 0 aromatic heterocycles. The average molecular weight is 351 g/mol. The van der Waals surface area contributed by atoms with Crippen LogP contribution in [0.4, 0.5) is 0 Å². The van der Waals surface area contributed by atoms with E-state index >= 15 is 0 Å². The summed E-state index contributed by atoms with van der Waals surface area (Å²) in [6.07, 6.45) is 0. The maximum atomic E-state index is 6.40. The smallest absolute Gasteiger partial charge is 0.0562 e. The first kappa shape index (κ1) is 13.6. The van der Waals surface area contributed by atoms with Gasteiger partial charge in [-0.05, 0) is 71.2 Å². The highest BCUT2D eigenvalue weighted by molar-refractivity contribution is 14.1. The second-order valence-corrected chi connectivity index (χ2v) is 5.88. The first-order valence-corrected chi connectivity index (χ1v) is 7.16. The van der Waals surface area contributed by atoms with Crippen molar-refractivity contribution in [2.45, 2.75) is 26.8 Å². The molecule has 0 heterocycles. The van der Waals surface area contributed by atoms with Gasteiger partial charge in [0.05, 0.1) is 6.04 Å². The maximum absolute atomic E-state index is 6.40. The zero-order valence-electron chi connectivity index (χ0n) is 11.0. The van der Waals surface area contributed by atoms with Crippen molar-refractivity contribution in [3.63, 3.8) is 0 Å². The summed E-state index contributed by atoms with van der Waals surface area (Å²) in [6.45, 7) is 6.38. The minimum Gasteiger partial charge on any atom is -0.320 e.